The molecule has 4 aromatic rings. The number of rotatable bonds is 7. The molecule has 0 aromatic carbocycles. The molecular formula is C17H17N7O2S2. The predicted octanol–water partition coefficient (Wildman–Crippen LogP) is 2.43. The Hall–Kier alpha value is -3.05. The van der Waals surface area contributed by atoms with E-state index < -0.39 is 0 Å². The maximum absolute atomic E-state index is 12.8. The Morgan fingerprint density at radius 3 is 2.93 bits per heavy atom. The van der Waals surface area contributed by atoms with Crippen LogP contribution in [0, 0.1) is 6.92 Å². The number of nitrogens with zero attached hydrogens (tertiary/aromatic N) is 4. The molecule has 0 aliphatic carbocycles. The summed E-state index contributed by atoms with van der Waals surface area (Å²) in [5.74, 6) is 0.574. The third kappa shape index (κ3) is 3.94. The first-order valence-electron chi connectivity index (χ1n) is 8.54. The zero-order valence-electron chi connectivity index (χ0n) is 14.9. The van der Waals surface area contributed by atoms with Crippen LogP contribution in [-0.4, -0.2) is 30.5 Å². The fourth-order valence-corrected chi connectivity index (χ4v) is 3.90. The highest BCUT2D eigenvalue weighted by atomic mass is 32.1. The molecule has 0 unspecified atom stereocenters. The minimum absolute atomic E-state index is 0.168. The van der Waals surface area contributed by atoms with E-state index in [1.165, 1.54) is 15.9 Å². The Labute approximate surface area is 167 Å². The van der Waals surface area contributed by atoms with Gasteiger partial charge in [0.1, 0.15) is 0 Å². The van der Waals surface area contributed by atoms with Crippen molar-refractivity contribution in [3.05, 3.63) is 55.6 Å². The zero-order valence-corrected chi connectivity index (χ0v) is 16.6. The van der Waals surface area contributed by atoms with Gasteiger partial charge in [-0.3, -0.25) is 14.7 Å². The first-order chi connectivity index (χ1) is 13.6. The molecule has 0 saturated heterocycles. The van der Waals surface area contributed by atoms with E-state index in [2.05, 4.69) is 30.7 Å². The summed E-state index contributed by atoms with van der Waals surface area (Å²) in [4.78, 5) is 38.8. The summed E-state index contributed by atoms with van der Waals surface area (Å²) >= 11 is 2.98. The zero-order chi connectivity index (χ0) is 19.5. The summed E-state index contributed by atoms with van der Waals surface area (Å²) in [6.07, 6.45) is 2.08. The van der Waals surface area contributed by atoms with Crippen molar-refractivity contribution in [2.45, 2.75) is 26.3 Å². The number of amides is 1. The van der Waals surface area contributed by atoms with Crippen LogP contribution in [0.15, 0.2) is 33.9 Å². The van der Waals surface area contributed by atoms with E-state index in [4.69, 9.17) is 0 Å². The summed E-state index contributed by atoms with van der Waals surface area (Å²) in [5, 5.41) is 13.1. The highest BCUT2D eigenvalue weighted by Crippen LogP contribution is 2.13. The number of carbonyl (C=O) groups excluding carboxylic acids is 1. The van der Waals surface area contributed by atoms with Crippen LogP contribution in [0.5, 0.6) is 0 Å². The number of aryl methyl sites for hydroxylation is 1. The van der Waals surface area contributed by atoms with E-state index in [0.29, 0.717) is 34.7 Å². The molecule has 4 heterocycles. The van der Waals surface area contributed by atoms with Gasteiger partial charge in [-0.05, 0) is 24.8 Å². The number of hydrogen-bond donors (Lipinski definition) is 3. The summed E-state index contributed by atoms with van der Waals surface area (Å²) in [5.41, 5.74) is 0.810. The first-order valence-corrected chi connectivity index (χ1v) is 10.3. The minimum atomic E-state index is -0.249. The topological polar surface area (TPSA) is 117 Å². The third-order valence-corrected chi connectivity index (χ3v) is 5.65. The number of anilines is 2. The minimum Gasteiger partial charge on any atom is -0.350 e. The lowest BCUT2D eigenvalue weighted by Crippen LogP contribution is -2.23. The van der Waals surface area contributed by atoms with Crippen LogP contribution < -0.4 is 16.2 Å². The average Bonchev–Trinajstić information content (AvgIpc) is 3.41. The number of fused-ring (bicyclic) bond motifs is 1. The number of thiazole rings is 1. The Bertz CT molecular complexity index is 1150. The quantitative estimate of drug-likeness (QED) is 0.427. The van der Waals surface area contributed by atoms with Crippen molar-refractivity contribution in [2.75, 3.05) is 10.6 Å². The number of thiophene rings is 1. The van der Waals surface area contributed by atoms with Crippen LogP contribution in [0.1, 0.15) is 22.6 Å². The van der Waals surface area contributed by atoms with Gasteiger partial charge < -0.3 is 10.6 Å². The van der Waals surface area contributed by atoms with Crippen molar-refractivity contribution >= 4 is 45.4 Å². The molecule has 3 N–H and O–H groups in total. The van der Waals surface area contributed by atoms with E-state index in [9.17, 15) is 9.59 Å². The van der Waals surface area contributed by atoms with Crippen LogP contribution >= 0.6 is 22.7 Å². The lowest BCUT2D eigenvalue weighted by molar-refractivity contribution is -0.116. The Kier molecular flexibility index (Phi) is 5.17. The molecule has 1 amide bonds. The average molecular weight is 416 g/mol. The maximum atomic E-state index is 12.8. The molecule has 0 aliphatic heterocycles. The molecule has 0 bridgehead atoms. The number of aromatic amines is 1. The number of H-pyrrole nitrogens is 1. The van der Waals surface area contributed by atoms with Crippen molar-refractivity contribution in [3.8, 4) is 0 Å². The second kappa shape index (κ2) is 7.90. The maximum Gasteiger partial charge on any atom is 0.277 e. The lowest BCUT2D eigenvalue weighted by atomic mass is 10.1. The third-order valence-electron chi connectivity index (χ3n) is 4.09. The van der Waals surface area contributed by atoms with Crippen molar-refractivity contribution in [1.29, 1.82) is 0 Å². The van der Waals surface area contributed by atoms with Gasteiger partial charge in [0, 0.05) is 28.4 Å². The Morgan fingerprint density at radius 1 is 1.29 bits per heavy atom. The SMILES string of the molecule is Cc1nc2nc(NCc3cccs3)[nH]n2c(=O)c1CCC(=O)Nc1nccs1. The van der Waals surface area contributed by atoms with Crippen LogP contribution in [0.25, 0.3) is 5.78 Å². The van der Waals surface area contributed by atoms with Crippen LogP contribution in [0.2, 0.25) is 0 Å². The van der Waals surface area contributed by atoms with Crippen molar-refractivity contribution in [1.82, 2.24) is 24.6 Å². The predicted molar refractivity (Wildman–Crippen MR) is 109 cm³/mol. The highest BCUT2D eigenvalue weighted by Gasteiger charge is 2.15. The van der Waals surface area contributed by atoms with Crippen LogP contribution in [0.4, 0.5) is 11.1 Å². The molecule has 0 fully saturated rings. The monoisotopic (exact) mass is 415 g/mol. The van der Waals surface area contributed by atoms with Gasteiger partial charge in [0.25, 0.3) is 11.3 Å². The van der Waals surface area contributed by atoms with Crippen molar-refractivity contribution < 1.29 is 4.79 Å². The molecule has 28 heavy (non-hydrogen) atoms. The van der Waals surface area contributed by atoms with Gasteiger partial charge in [0.2, 0.25) is 11.9 Å². The van der Waals surface area contributed by atoms with Gasteiger partial charge in [-0.1, -0.05) is 6.07 Å². The van der Waals surface area contributed by atoms with Crippen molar-refractivity contribution in [2.24, 2.45) is 0 Å². The molecule has 0 atom stereocenters. The molecular weight excluding hydrogens is 398 g/mol. The molecule has 144 valence electrons. The van der Waals surface area contributed by atoms with Gasteiger partial charge in [0.15, 0.2) is 5.13 Å². The smallest absolute Gasteiger partial charge is 0.277 e. The number of aromatic nitrogens is 5. The second-order valence-electron chi connectivity index (χ2n) is 6.01. The number of carbonyl (C=O) groups is 1. The van der Waals surface area contributed by atoms with Crippen molar-refractivity contribution in [3.63, 3.8) is 0 Å². The molecule has 0 aliphatic rings. The van der Waals surface area contributed by atoms with E-state index in [1.807, 2.05) is 17.5 Å². The molecule has 11 heteroatoms. The van der Waals surface area contributed by atoms with Gasteiger partial charge in [-0.2, -0.15) is 9.50 Å². The molecule has 4 rings (SSSR count). The summed E-state index contributed by atoms with van der Waals surface area (Å²) in [6, 6.07) is 4.00. The largest absolute Gasteiger partial charge is 0.350 e. The molecule has 0 spiro atoms. The molecule has 0 radical (unpaired) electrons. The molecule has 9 nitrogen and oxygen atoms in total. The van der Waals surface area contributed by atoms with Gasteiger partial charge in [-0.25, -0.2) is 9.97 Å². The summed E-state index contributed by atoms with van der Waals surface area (Å²) in [7, 11) is 0. The second-order valence-corrected chi connectivity index (χ2v) is 7.93. The fraction of sp³-hybridized carbons (Fsp3) is 0.235. The fourth-order valence-electron chi connectivity index (χ4n) is 2.71. The number of nitrogens with one attached hydrogen (secondary N) is 3. The van der Waals surface area contributed by atoms with Gasteiger partial charge in [0.05, 0.1) is 12.2 Å². The normalized spacial score (nSPS) is 11.0. The standard InChI is InChI=1S/C17H17N7O2S2/c1-10-12(4-5-13(25)21-17-18-6-8-28-17)14(26)24-16(20-10)22-15(23-24)19-9-11-3-2-7-27-11/h2-3,6-8H,4-5,9H2,1H3,(H,18,21,25)(H2,19,20,22,23). The summed E-state index contributed by atoms with van der Waals surface area (Å²) < 4.78 is 1.30. The number of hydrogen-bond acceptors (Lipinski definition) is 8. The van der Waals surface area contributed by atoms with Crippen LogP contribution in [-0.2, 0) is 17.8 Å². The van der Waals surface area contributed by atoms with E-state index in [-0.39, 0.29) is 24.3 Å². The van der Waals surface area contributed by atoms with E-state index in [1.54, 1.807) is 29.8 Å². The van der Waals surface area contributed by atoms with Crippen LogP contribution in [0.3, 0.4) is 0 Å². The molecule has 4 aromatic heterocycles. The highest BCUT2D eigenvalue weighted by molar-refractivity contribution is 7.13. The molecule has 0 saturated carbocycles. The van der Waals surface area contributed by atoms with Gasteiger partial charge in [-0.15, -0.1) is 22.7 Å². The van der Waals surface area contributed by atoms with E-state index in [0.717, 1.165) is 4.88 Å². The Balaban J connectivity index is 1.48. The lowest BCUT2D eigenvalue weighted by Gasteiger charge is -2.05. The van der Waals surface area contributed by atoms with E-state index >= 15 is 0 Å². The summed E-state index contributed by atoms with van der Waals surface area (Å²) in [6.45, 7) is 2.36. The Morgan fingerprint density at radius 2 is 2.18 bits per heavy atom. The first kappa shape index (κ1) is 18.3. The van der Waals surface area contributed by atoms with Gasteiger partial charge >= 0.3 is 0 Å².